The maximum absolute atomic E-state index is 15.4. The average molecular weight is 469 g/mol. The van der Waals surface area contributed by atoms with Gasteiger partial charge in [0.15, 0.2) is 11.6 Å². The molecular weight excluding hydrogens is 444 g/mol. The Morgan fingerprint density at radius 3 is 2.65 bits per heavy atom. The van der Waals surface area contributed by atoms with Crippen molar-refractivity contribution >= 4 is 28.2 Å². The number of nitrogens with zero attached hydrogens (tertiary/aromatic N) is 3. The lowest BCUT2D eigenvalue weighted by Crippen LogP contribution is -2.45. The van der Waals surface area contributed by atoms with E-state index in [2.05, 4.69) is 15.8 Å². The Labute approximate surface area is 194 Å². The van der Waals surface area contributed by atoms with E-state index in [1.165, 1.54) is 30.5 Å². The lowest BCUT2D eigenvalue weighted by Gasteiger charge is -2.37. The van der Waals surface area contributed by atoms with Crippen molar-refractivity contribution in [2.75, 3.05) is 50.2 Å². The van der Waals surface area contributed by atoms with Crippen molar-refractivity contribution in [1.29, 1.82) is 0 Å². The van der Waals surface area contributed by atoms with Crippen LogP contribution in [0.15, 0.2) is 41.3 Å². The summed E-state index contributed by atoms with van der Waals surface area (Å²) >= 11 is 0. The summed E-state index contributed by atoms with van der Waals surface area (Å²) in [6.45, 7) is 5.04. The van der Waals surface area contributed by atoms with E-state index in [9.17, 15) is 14.0 Å². The number of amides is 1. The van der Waals surface area contributed by atoms with Crippen LogP contribution >= 0.6 is 0 Å². The van der Waals surface area contributed by atoms with Crippen molar-refractivity contribution in [3.05, 3.63) is 63.9 Å². The molecule has 1 fully saturated rings. The van der Waals surface area contributed by atoms with Crippen molar-refractivity contribution in [2.24, 2.45) is 0 Å². The van der Waals surface area contributed by atoms with Crippen molar-refractivity contribution < 1.29 is 18.3 Å². The lowest BCUT2D eigenvalue weighted by atomic mass is 10.0. The minimum Gasteiger partial charge on any atom is -0.487 e. The van der Waals surface area contributed by atoms with Gasteiger partial charge in [-0.25, -0.2) is 8.78 Å². The molecule has 2 aliphatic heterocycles. The fraction of sp³-hybridized carbons (Fsp3) is 0.333. The van der Waals surface area contributed by atoms with Crippen molar-refractivity contribution in [2.45, 2.75) is 13.0 Å². The number of rotatable bonds is 4. The SMILES string of the molecule is C[C@H]1COc2c(N3CCN(C)CC3)c(F)cc3c(=O)c(C(=O)NNc4cccc(F)c4)cn1c23. The summed E-state index contributed by atoms with van der Waals surface area (Å²) in [4.78, 5) is 30.2. The number of halogens is 2. The van der Waals surface area contributed by atoms with Crippen LogP contribution in [0.2, 0.25) is 0 Å². The van der Waals surface area contributed by atoms with Gasteiger partial charge in [-0.1, -0.05) is 6.07 Å². The third-order valence-electron chi connectivity index (χ3n) is 6.35. The molecule has 1 saturated heterocycles. The standard InChI is InChI=1S/C24H25F2N5O3/c1-14-13-34-23-20-17(11-19(26)21(23)30-8-6-29(2)7-9-30)22(32)18(12-31(14)20)24(33)28-27-16-5-3-4-15(25)10-16/h3-5,10-12,14,27H,6-9,13H2,1-2H3,(H,28,33)/t14-/m0/s1. The van der Waals surface area contributed by atoms with Gasteiger partial charge in [-0.05, 0) is 38.2 Å². The Morgan fingerprint density at radius 2 is 1.91 bits per heavy atom. The number of hydrogen-bond acceptors (Lipinski definition) is 6. The Balaban J connectivity index is 1.56. The molecule has 2 N–H and O–H groups in total. The van der Waals surface area contributed by atoms with Crippen LogP contribution in [0.4, 0.5) is 20.2 Å². The molecule has 0 aliphatic carbocycles. The molecule has 0 unspecified atom stereocenters. The van der Waals surface area contributed by atoms with Gasteiger partial charge < -0.3 is 19.1 Å². The zero-order valence-corrected chi connectivity index (χ0v) is 18.9. The third-order valence-corrected chi connectivity index (χ3v) is 6.35. The molecule has 1 aromatic heterocycles. The van der Waals surface area contributed by atoms with E-state index in [4.69, 9.17) is 4.74 Å². The number of likely N-dealkylation sites (N-methyl/N-ethyl adjacent to an activating group) is 1. The van der Waals surface area contributed by atoms with Crippen molar-refractivity contribution in [1.82, 2.24) is 14.9 Å². The topological polar surface area (TPSA) is 78.8 Å². The first-order valence-corrected chi connectivity index (χ1v) is 11.1. The fourth-order valence-electron chi connectivity index (χ4n) is 4.46. The fourth-order valence-corrected chi connectivity index (χ4v) is 4.46. The van der Waals surface area contributed by atoms with E-state index in [0.717, 1.165) is 13.1 Å². The molecule has 5 rings (SSSR count). The summed E-state index contributed by atoms with van der Waals surface area (Å²) in [5.74, 6) is -1.40. The van der Waals surface area contributed by atoms with Gasteiger partial charge in [-0.3, -0.25) is 20.4 Å². The molecule has 3 aromatic rings. The van der Waals surface area contributed by atoms with E-state index >= 15 is 4.39 Å². The van der Waals surface area contributed by atoms with Crippen LogP contribution in [0.3, 0.4) is 0 Å². The van der Waals surface area contributed by atoms with Crippen LogP contribution in [-0.2, 0) is 0 Å². The molecule has 34 heavy (non-hydrogen) atoms. The Kier molecular flexibility index (Phi) is 5.60. The van der Waals surface area contributed by atoms with Gasteiger partial charge in [0, 0.05) is 32.4 Å². The number of pyridine rings is 1. The number of aromatic nitrogens is 1. The van der Waals surface area contributed by atoms with Gasteiger partial charge in [-0.2, -0.15) is 0 Å². The minimum atomic E-state index is -0.705. The molecule has 0 saturated carbocycles. The first kappa shape index (κ1) is 22.1. The summed E-state index contributed by atoms with van der Waals surface area (Å²) in [5, 5.41) is 0.0790. The largest absolute Gasteiger partial charge is 0.487 e. The summed E-state index contributed by atoms with van der Waals surface area (Å²) < 4.78 is 36.6. The smallest absolute Gasteiger partial charge is 0.275 e. The number of hydrazine groups is 1. The average Bonchev–Trinajstić information content (AvgIpc) is 2.82. The number of nitrogens with one attached hydrogen (secondary N) is 2. The first-order valence-electron chi connectivity index (χ1n) is 11.1. The van der Waals surface area contributed by atoms with E-state index in [1.54, 1.807) is 10.6 Å². The van der Waals surface area contributed by atoms with Crippen LogP contribution in [-0.4, -0.2) is 55.2 Å². The molecule has 2 aliphatic rings. The predicted octanol–water partition coefficient (Wildman–Crippen LogP) is 2.74. The van der Waals surface area contributed by atoms with E-state index < -0.39 is 23.0 Å². The molecule has 3 heterocycles. The Morgan fingerprint density at radius 1 is 1.15 bits per heavy atom. The molecule has 0 radical (unpaired) electrons. The number of benzene rings is 2. The number of anilines is 2. The molecule has 2 aromatic carbocycles. The van der Waals surface area contributed by atoms with E-state index in [1.807, 2.05) is 18.9 Å². The minimum absolute atomic E-state index is 0.0790. The summed E-state index contributed by atoms with van der Waals surface area (Å²) in [7, 11) is 2.02. The van der Waals surface area contributed by atoms with Gasteiger partial charge in [0.1, 0.15) is 23.7 Å². The highest BCUT2D eigenvalue weighted by molar-refractivity contribution is 6.00. The van der Waals surface area contributed by atoms with Crippen LogP contribution < -0.4 is 25.9 Å². The van der Waals surface area contributed by atoms with Gasteiger partial charge in [0.05, 0.1) is 22.6 Å². The Bertz CT molecular complexity index is 1330. The first-order chi connectivity index (χ1) is 16.3. The maximum Gasteiger partial charge on any atom is 0.275 e. The lowest BCUT2D eigenvalue weighted by molar-refractivity contribution is 0.0960. The quantitative estimate of drug-likeness (QED) is 0.573. The molecule has 0 spiro atoms. The van der Waals surface area contributed by atoms with Gasteiger partial charge in [0.2, 0.25) is 5.43 Å². The number of piperazine rings is 1. The number of carbonyl (C=O) groups excluding carboxylic acids is 1. The third kappa shape index (κ3) is 3.83. The molecular formula is C24H25F2N5O3. The zero-order valence-electron chi connectivity index (χ0n) is 18.9. The normalized spacial score (nSPS) is 18.0. The van der Waals surface area contributed by atoms with Crippen LogP contribution in [0.25, 0.3) is 10.9 Å². The van der Waals surface area contributed by atoms with Gasteiger partial charge >= 0.3 is 0 Å². The molecule has 0 bridgehead atoms. The monoisotopic (exact) mass is 469 g/mol. The Hall–Kier alpha value is -3.66. The summed E-state index contributed by atoms with van der Waals surface area (Å²) in [5.41, 5.74) is 5.43. The molecule has 8 nitrogen and oxygen atoms in total. The second-order valence-electron chi connectivity index (χ2n) is 8.75. The van der Waals surface area contributed by atoms with Gasteiger partial charge in [0.25, 0.3) is 5.91 Å². The molecule has 178 valence electrons. The zero-order chi connectivity index (χ0) is 24.0. The van der Waals surface area contributed by atoms with Crippen molar-refractivity contribution in [3.63, 3.8) is 0 Å². The van der Waals surface area contributed by atoms with Gasteiger partial charge in [-0.15, -0.1) is 0 Å². The number of ether oxygens (including phenoxy) is 1. The summed E-state index contributed by atoms with van der Waals surface area (Å²) in [6, 6.07) is 6.56. The highest BCUT2D eigenvalue weighted by Gasteiger charge is 2.31. The van der Waals surface area contributed by atoms with Crippen LogP contribution in [0, 0.1) is 11.6 Å². The highest BCUT2D eigenvalue weighted by Crippen LogP contribution is 2.42. The molecule has 1 amide bonds. The number of hydrogen-bond donors (Lipinski definition) is 2. The van der Waals surface area contributed by atoms with Crippen LogP contribution in [0.5, 0.6) is 5.75 Å². The highest BCUT2D eigenvalue weighted by atomic mass is 19.1. The molecule has 10 heteroatoms. The van der Waals surface area contributed by atoms with E-state index in [-0.39, 0.29) is 23.6 Å². The second kappa shape index (κ2) is 8.60. The number of carbonyl (C=O) groups is 1. The second-order valence-corrected chi connectivity index (χ2v) is 8.75. The predicted molar refractivity (Wildman–Crippen MR) is 126 cm³/mol. The van der Waals surface area contributed by atoms with E-state index in [0.29, 0.717) is 35.7 Å². The molecule has 1 atom stereocenters. The summed E-state index contributed by atoms with van der Waals surface area (Å²) in [6.07, 6.45) is 1.48. The van der Waals surface area contributed by atoms with Crippen molar-refractivity contribution in [3.8, 4) is 5.75 Å². The van der Waals surface area contributed by atoms with Crippen LogP contribution in [0.1, 0.15) is 23.3 Å². The maximum atomic E-state index is 15.4.